The molecule has 2 aromatic heterocycles. The van der Waals surface area contributed by atoms with E-state index < -0.39 is 0 Å². The summed E-state index contributed by atoms with van der Waals surface area (Å²) in [5.74, 6) is 1.55. The number of likely N-dealkylation sites (tertiary alicyclic amines) is 1. The van der Waals surface area contributed by atoms with Crippen LogP contribution in [-0.2, 0) is 4.79 Å². The third kappa shape index (κ3) is 2.95. The van der Waals surface area contributed by atoms with Crippen LogP contribution in [0.3, 0.4) is 0 Å². The standard InChI is InChI=1S/C19H20N4O2/c1-14-7-2-3-9-16(14)25-13-18(24)22-12-6-8-15(22)19-21-20-17-10-4-5-11-23(17)19/h2-5,7,9-11,15H,6,8,12-13H2,1H3/t15-/m0/s1. The number of pyridine rings is 1. The number of aryl methyl sites for hydroxylation is 1. The molecular weight excluding hydrogens is 316 g/mol. The monoisotopic (exact) mass is 336 g/mol. The number of rotatable bonds is 4. The first-order chi connectivity index (χ1) is 12.2. The lowest BCUT2D eigenvalue weighted by molar-refractivity contribution is -0.134. The Morgan fingerprint density at radius 2 is 2.04 bits per heavy atom. The maximum atomic E-state index is 12.7. The van der Waals surface area contributed by atoms with E-state index in [1.807, 2.05) is 64.9 Å². The summed E-state index contributed by atoms with van der Waals surface area (Å²) in [7, 11) is 0. The summed E-state index contributed by atoms with van der Waals surface area (Å²) in [5.41, 5.74) is 1.82. The highest BCUT2D eigenvalue weighted by Gasteiger charge is 2.33. The molecule has 1 amide bonds. The molecule has 4 rings (SSSR count). The Morgan fingerprint density at radius 1 is 1.20 bits per heavy atom. The summed E-state index contributed by atoms with van der Waals surface area (Å²) in [6.07, 6.45) is 3.80. The molecule has 1 aromatic carbocycles. The van der Waals surface area contributed by atoms with E-state index in [1.54, 1.807) is 0 Å². The number of benzene rings is 1. The number of amides is 1. The van der Waals surface area contributed by atoms with Gasteiger partial charge in [-0.15, -0.1) is 10.2 Å². The van der Waals surface area contributed by atoms with Crippen LogP contribution in [0, 0.1) is 6.92 Å². The summed E-state index contributed by atoms with van der Waals surface area (Å²) < 4.78 is 7.69. The Labute approximate surface area is 146 Å². The topological polar surface area (TPSA) is 59.7 Å². The summed E-state index contributed by atoms with van der Waals surface area (Å²) in [6, 6.07) is 13.5. The molecule has 25 heavy (non-hydrogen) atoms. The smallest absolute Gasteiger partial charge is 0.261 e. The first-order valence-electron chi connectivity index (χ1n) is 8.51. The number of hydrogen-bond donors (Lipinski definition) is 0. The molecule has 1 fully saturated rings. The van der Waals surface area contributed by atoms with Gasteiger partial charge in [0.1, 0.15) is 5.75 Å². The summed E-state index contributed by atoms with van der Waals surface area (Å²) >= 11 is 0. The van der Waals surface area contributed by atoms with Crippen LogP contribution >= 0.6 is 0 Å². The molecule has 1 saturated heterocycles. The second-order valence-corrected chi connectivity index (χ2v) is 6.29. The van der Waals surface area contributed by atoms with Gasteiger partial charge in [0.05, 0.1) is 6.04 Å². The molecule has 0 saturated carbocycles. The predicted octanol–water partition coefficient (Wildman–Crippen LogP) is 2.78. The normalized spacial score (nSPS) is 17.2. The molecular formula is C19H20N4O2. The molecule has 3 aromatic rings. The molecule has 3 heterocycles. The second kappa shape index (κ2) is 6.55. The van der Waals surface area contributed by atoms with Crippen LogP contribution in [-0.4, -0.2) is 38.6 Å². The van der Waals surface area contributed by atoms with Crippen molar-refractivity contribution in [3.8, 4) is 5.75 Å². The van der Waals surface area contributed by atoms with Gasteiger partial charge in [-0.1, -0.05) is 24.3 Å². The van der Waals surface area contributed by atoms with Gasteiger partial charge in [-0.05, 0) is 43.5 Å². The SMILES string of the molecule is Cc1ccccc1OCC(=O)N1CCC[C@H]1c1nnc2ccccn12. The number of para-hydroxylation sites is 1. The number of hydrogen-bond acceptors (Lipinski definition) is 4. The number of aromatic nitrogens is 3. The van der Waals surface area contributed by atoms with E-state index in [0.717, 1.165) is 42.2 Å². The summed E-state index contributed by atoms with van der Waals surface area (Å²) in [4.78, 5) is 14.6. The first kappa shape index (κ1) is 15.6. The predicted molar refractivity (Wildman–Crippen MR) is 93.3 cm³/mol. The lowest BCUT2D eigenvalue weighted by atomic mass is 10.2. The maximum absolute atomic E-state index is 12.7. The quantitative estimate of drug-likeness (QED) is 0.735. The van der Waals surface area contributed by atoms with Crippen molar-refractivity contribution in [3.63, 3.8) is 0 Å². The van der Waals surface area contributed by atoms with Crippen molar-refractivity contribution < 1.29 is 9.53 Å². The van der Waals surface area contributed by atoms with Gasteiger partial charge in [0.25, 0.3) is 5.91 Å². The summed E-state index contributed by atoms with van der Waals surface area (Å²) in [6.45, 7) is 2.74. The van der Waals surface area contributed by atoms with Crippen LogP contribution in [0.5, 0.6) is 5.75 Å². The zero-order chi connectivity index (χ0) is 17.2. The number of nitrogens with zero attached hydrogens (tertiary/aromatic N) is 4. The molecule has 0 radical (unpaired) electrons. The highest BCUT2D eigenvalue weighted by atomic mass is 16.5. The molecule has 0 spiro atoms. The molecule has 6 heteroatoms. The second-order valence-electron chi connectivity index (χ2n) is 6.29. The van der Waals surface area contributed by atoms with Gasteiger partial charge < -0.3 is 9.64 Å². The van der Waals surface area contributed by atoms with Crippen LogP contribution < -0.4 is 4.74 Å². The Kier molecular flexibility index (Phi) is 4.09. The van der Waals surface area contributed by atoms with Crippen molar-refractivity contribution in [2.75, 3.05) is 13.2 Å². The zero-order valence-electron chi connectivity index (χ0n) is 14.1. The lowest BCUT2D eigenvalue weighted by Gasteiger charge is -2.23. The van der Waals surface area contributed by atoms with Gasteiger partial charge in [0.2, 0.25) is 0 Å². The summed E-state index contributed by atoms with van der Waals surface area (Å²) in [5, 5.41) is 8.53. The van der Waals surface area contributed by atoms with Crippen molar-refractivity contribution >= 4 is 11.6 Å². The molecule has 0 bridgehead atoms. The number of carbonyl (C=O) groups excluding carboxylic acids is 1. The van der Waals surface area contributed by atoms with Gasteiger partial charge in [0, 0.05) is 12.7 Å². The molecule has 1 aliphatic rings. The van der Waals surface area contributed by atoms with E-state index in [1.165, 1.54) is 0 Å². The van der Waals surface area contributed by atoms with E-state index in [4.69, 9.17) is 4.74 Å². The fourth-order valence-electron chi connectivity index (χ4n) is 3.36. The van der Waals surface area contributed by atoms with E-state index in [9.17, 15) is 4.79 Å². The molecule has 1 atom stereocenters. The van der Waals surface area contributed by atoms with Crippen LogP contribution in [0.2, 0.25) is 0 Å². The van der Waals surface area contributed by atoms with E-state index in [-0.39, 0.29) is 18.6 Å². The number of carbonyl (C=O) groups is 1. The van der Waals surface area contributed by atoms with Crippen LogP contribution in [0.15, 0.2) is 48.7 Å². The minimum Gasteiger partial charge on any atom is -0.484 e. The van der Waals surface area contributed by atoms with Crippen molar-refractivity contribution in [2.24, 2.45) is 0 Å². The Morgan fingerprint density at radius 3 is 2.92 bits per heavy atom. The van der Waals surface area contributed by atoms with E-state index >= 15 is 0 Å². The average Bonchev–Trinajstić information content (AvgIpc) is 3.27. The molecule has 128 valence electrons. The maximum Gasteiger partial charge on any atom is 0.261 e. The van der Waals surface area contributed by atoms with E-state index in [2.05, 4.69) is 10.2 Å². The van der Waals surface area contributed by atoms with Crippen LogP contribution in [0.1, 0.15) is 30.3 Å². The van der Waals surface area contributed by atoms with Crippen molar-refractivity contribution in [3.05, 3.63) is 60.0 Å². The fraction of sp³-hybridized carbons (Fsp3) is 0.316. The third-order valence-corrected chi connectivity index (χ3v) is 4.66. The van der Waals surface area contributed by atoms with Gasteiger partial charge in [-0.25, -0.2) is 0 Å². The lowest BCUT2D eigenvalue weighted by Crippen LogP contribution is -2.35. The van der Waals surface area contributed by atoms with Crippen molar-refractivity contribution in [2.45, 2.75) is 25.8 Å². The third-order valence-electron chi connectivity index (χ3n) is 4.66. The van der Waals surface area contributed by atoms with Gasteiger partial charge in [-0.3, -0.25) is 9.20 Å². The van der Waals surface area contributed by atoms with Crippen LogP contribution in [0.4, 0.5) is 0 Å². The van der Waals surface area contributed by atoms with Crippen molar-refractivity contribution in [1.82, 2.24) is 19.5 Å². The zero-order valence-corrected chi connectivity index (χ0v) is 14.1. The van der Waals surface area contributed by atoms with Crippen molar-refractivity contribution in [1.29, 1.82) is 0 Å². The Hall–Kier alpha value is -2.89. The average molecular weight is 336 g/mol. The number of ether oxygens (including phenoxy) is 1. The first-order valence-corrected chi connectivity index (χ1v) is 8.51. The number of fused-ring (bicyclic) bond motifs is 1. The molecule has 0 N–H and O–H groups in total. The van der Waals surface area contributed by atoms with Gasteiger partial charge in [0.15, 0.2) is 18.1 Å². The molecule has 6 nitrogen and oxygen atoms in total. The molecule has 1 aliphatic heterocycles. The van der Waals surface area contributed by atoms with E-state index in [0.29, 0.717) is 0 Å². The van der Waals surface area contributed by atoms with Crippen LogP contribution in [0.25, 0.3) is 5.65 Å². The van der Waals surface area contributed by atoms with Gasteiger partial charge in [-0.2, -0.15) is 0 Å². The van der Waals surface area contributed by atoms with Gasteiger partial charge >= 0.3 is 0 Å². The fourth-order valence-corrected chi connectivity index (χ4v) is 3.36. The minimum absolute atomic E-state index is 0.0153. The Balaban J connectivity index is 1.51. The minimum atomic E-state index is -0.0506. The highest BCUT2D eigenvalue weighted by Crippen LogP contribution is 2.31. The largest absolute Gasteiger partial charge is 0.484 e. The molecule has 0 unspecified atom stereocenters. The Bertz CT molecular complexity index is 905. The molecule has 0 aliphatic carbocycles. The highest BCUT2D eigenvalue weighted by molar-refractivity contribution is 5.78.